The van der Waals surface area contributed by atoms with E-state index in [2.05, 4.69) is 40.3 Å². The molecular weight excluding hydrogens is 430 g/mol. The van der Waals surface area contributed by atoms with Gasteiger partial charge in [0.05, 0.1) is 30.7 Å². The highest BCUT2D eigenvalue weighted by molar-refractivity contribution is 7.10. The van der Waals surface area contributed by atoms with E-state index < -0.39 is 0 Å². The summed E-state index contributed by atoms with van der Waals surface area (Å²) in [5, 5.41) is 5.59. The number of rotatable bonds is 3. The van der Waals surface area contributed by atoms with Gasteiger partial charge in [0.25, 0.3) is 0 Å². The van der Waals surface area contributed by atoms with Crippen LogP contribution < -0.4 is 10.1 Å². The number of nitrogens with zero attached hydrogens (tertiary/aromatic N) is 2. The Bertz CT molecular complexity index is 1240. The van der Waals surface area contributed by atoms with Crippen molar-refractivity contribution >= 4 is 34.7 Å². The average molecular weight is 450 g/mol. The number of nitrogens with one attached hydrogen (secondary N) is 1. The van der Waals surface area contributed by atoms with E-state index in [0.717, 1.165) is 21.8 Å². The van der Waals surface area contributed by atoms with Gasteiger partial charge in [-0.2, -0.15) is 0 Å². The van der Waals surface area contributed by atoms with Crippen LogP contribution in [0.3, 0.4) is 0 Å². The zero-order valence-corrected chi connectivity index (χ0v) is 18.4. The Morgan fingerprint density at radius 2 is 2.00 bits per heavy atom. The maximum absolute atomic E-state index is 13.7. The van der Waals surface area contributed by atoms with Gasteiger partial charge >= 0.3 is 6.03 Å². The summed E-state index contributed by atoms with van der Waals surface area (Å²) in [5.74, 6) is 0.559. The molecule has 5 nitrogen and oxygen atoms in total. The van der Waals surface area contributed by atoms with Gasteiger partial charge in [-0.25, -0.2) is 4.79 Å². The monoisotopic (exact) mass is 449 g/mol. The number of carbonyl (C=O) groups excluding carboxylic acids is 1. The third-order valence-corrected chi connectivity index (χ3v) is 6.60. The van der Waals surface area contributed by atoms with E-state index >= 15 is 0 Å². The van der Waals surface area contributed by atoms with Crippen molar-refractivity contribution in [3.05, 3.63) is 99.5 Å². The lowest BCUT2D eigenvalue weighted by atomic mass is 10.1. The normalized spacial score (nSPS) is 15.0. The van der Waals surface area contributed by atoms with Crippen molar-refractivity contribution in [2.75, 3.05) is 12.4 Å². The third-order valence-electron chi connectivity index (χ3n) is 5.44. The Morgan fingerprint density at radius 3 is 2.81 bits per heavy atom. The SMILES string of the molecule is COc1ccc(Cl)cc1NC(=O)N1Cc2ccccc2-n2cccc2[C@@H]1c1cccs1. The number of benzene rings is 2. The minimum atomic E-state index is -0.229. The van der Waals surface area contributed by atoms with Gasteiger partial charge in [0.2, 0.25) is 0 Å². The van der Waals surface area contributed by atoms with E-state index in [1.807, 2.05) is 34.5 Å². The van der Waals surface area contributed by atoms with Gasteiger partial charge < -0.3 is 19.5 Å². The van der Waals surface area contributed by atoms with Crippen molar-refractivity contribution in [1.82, 2.24) is 9.47 Å². The molecule has 1 N–H and O–H groups in total. The summed E-state index contributed by atoms with van der Waals surface area (Å²) in [4.78, 5) is 16.6. The Labute approximate surface area is 189 Å². The molecule has 2 amide bonds. The van der Waals surface area contributed by atoms with Crippen molar-refractivity contribution in [2.45, 2.75) is 12.6 Å². The van der Waals surface area contributed by atoms with Crippen LogP contribution >= 0.6 is 22.9 Å². The van der Waals surface area contributed by atoms with Crippen LogP contribution in [0.1, 0.15) is 22.2 Å². The first-order chi connectivity index (χ1) is 15.2. The highest BCUT2D eigenvalue weighted by Crippen LogP contribution is 2.39. The average Bonchev–Trinajstić information content (AvgIpc) is 3.45. The summed E-state index contributed by atoms with van der Waals surface area (Å²) in [5.41, 5.74) is 3.74. The summed E-state index contributed by atoms with van der Waals surface area (Å²) in [6, 6.07) is 21.1. The number of aromatic nitrogens is 1. The maximum atomic E-state index is 13.7. The van der Waals surface area contributed by atoms with E-state index in [1.165, 1.54) is 0 Å². The lowest BCUT2D eigenvalue weighted by molar-refractivity contribution is 0.195. The fourth-order valence-electron chi connectivity index (χ4n) is 4.05. The van der Waals surface area contributed by atoms with E-state index in [9.17, 15) is 4.79 Å². The molecule has 5 rings (SSSR count). The molecule has 1 aliphatic heterocycles. The molecule has 4 aromatic rings. The van der Waals surface area contributed by atoms with Gasteiger partial charge in [0, 0.05) is 16.1 Å². The fourth-order valence-corrected chi connectivity index (χ4v) is 5.07. The second-order valence-electron chi connectivity index (χ2n) is 7.25. The minimum Gasteiger partial charge on any atom is -0.495 e. The van der Waals surface area contributed by atoms with Crippen LogP contribution in [0.5, 0.6) is 5.75 Å². The van der Waals surface area contributed by atoms with Crippen molar-refractivity contribution in [3.63, 3.8) is 0 Å². The van der Waals surface area contributed by atoms with Crippen LogP contribution in [0.4, 0.5) is 10.5 Å². The molecular formula is C24H20ClN3O2S. The number of hydrogen-bond acceptors (Lipinski definition) is 3. The molecule has 1 aliphatic rings. The molecule has 0 saturated carbocycles. The zero-order chi connectivity index (χ0) is 21.4. The summed E-state index contributed by atoms with van der Waals surface area (Å²) in [6.45, 7) is 0.467. The van der Waals surface area contributed by atoms with Gasteiger partial charge in [0.15, 0.2) is 0 Å². The van der Waals surface area contributed by atoms with Crippen molar-refractivity contribution in [3.8, 4) is 11.4 Å². The zero-order valence-electron chi connectivity index (χ0n) is 16.8. The molecule has 0 saturated heterocycles. The number of fused-ring (bicyclic) bond motifs is 3. The van der Waals surface area contributed by atoms with E-state index in [-0.39, 0.29) is 12.1 Å². The fraction of sp³-hybridized carbons (Fsp3) is 0.125. The van der Waals surface area contributed by atoms with Gasteiger partial charge in [-0.1, -0.05) is 35.9 Å². The molecule has 7 heteroatoms. The molecule has 0 spiro atoms. The first-order valence-corrected chi connectivity index (χ1v) is 11.1. The summed E-state index contributed by atoms with van der Waals surface area (Å²) < 4.78 is 7.59. The minimum absolute atomic E-state index is 0.219. The van der Waals surface area contributed by atoms with E-state index in [1.54, 1.807) is 36.6 Å². The number of halogens is 1. The van der Waals surface area contributed by atoms with Crippen LogP contribution in [0, 0.1) is 0 Å². The molecule has 0 unspecified atom stereocenters. The van der Waals surface area contributed by atoms with Crippen LogP contribution in [0.15, 0.2) is 78.3 Å². The van der Waals surface area contributed by atoms with Crippen LogP contribution in [0.2, 0.25) is 5.02 Å². The first kappa shape index (κ1) is 19.7. The smallest absolute Gasteiger partial charge is 0.323 e. The van der Waals surface area contributed by atoms with Crippen LogP contribution in [-0.2, 0) is 6.54 Å². The number of ether oxygens (including phenoxy) is 1. The number of urea groups is 1. The predicted molar refractivity (Wildman–Crippen MR) is 124 cm³/mol. The molecule has 0 bridgehead atoms. The number of carbonyl (C=O) groups is 1. The number of thiophene rings is 1. The Morgan fingerprint density at radius 1 is 1.13 bits per heavy atom. The lowest BCUT2D eigenvalue weighted by Gasteiger charge is -2.30. The Kier molecular flexibility index (Phi) is 5.18. The maximum Gasteiger partial charge on any atom is 0.323 e. The largest absolute Gasteiger partial charge is 0.495 e. The van der Waals surface area contributed by atoms with E-state index in [0.29, 0.717) is 23.0 Å². The molecule has 0 fully saturated rings. The van der Waals surface area contributed by atoms with Crippen molar-refractivity contribution in [2.24, 2.45) is 0 Å². The van der Waals surface area contributed by atoms with Gasteiger partial charge in [0.1, 0.15) is 11.8 Å². The molecule has 0 radical (unpaired) electrons. The molecule has 156 valence electrons. The molecule has 2 aromatic carbocycles. The second-order valence-corrected chi connectivity index (χ2v) is 8.67. The highest BCUT2D eigenvalue weighted by atomic mass is 35.5. The van der Waals surface area contributed by atoms with Gasteiger partial charge in [-0.05, 0) is 53.4 Å². The standard InChI is InChI=1S/C24H20ClN3O2S/c1-30-21-11-10-17(25)14-18(21)26-24(29)28-15-16-6-2-3-7-19(16)27-12-4-8-20(27)23(28)22-9-5-13-31-22/h2-14,23H,15H2,1H3,(H,26,29)/t23-/m1/s1. The summed E-state index contributed by atoms with van der Waals surface area (Å²) >= 11 is 7.82. The molecule has 2 aromatic heterocycles. The van der Waals surface area contributed by atoms with Gasteiger partial charge in [-0.3, -0.25) is 0 Å². The molecule has 3 heterocycles. The van der Waals surface area contributed by atoms with E-state index in [4.69, 9.17) is 16.3 Å². The number of methoxy groups -OCH3 is 1. The molecule has 0 aliphatic carbocycles. The molecule has 1 atom stereocenters. The number of amides is 2. The van der Waals surface area contributed by atoms with Crippen molar-refractivity contribution < 1.29 is 9.53 Å². The van der Waals surface area contributed by atoms with Gasteiger partial charge in [-0.15, -0.1) is 11.3 Å². The topological polar surface area (TPSA) is 46.5 Å². The molecule has 31 heavy (non-hydrogen) atoms. The second kappa shape index (κ2) is 8.13. The van der Waals surface area contributed by atoms with Crippen LogP contribution in [0.25, 0.3) is 5.69 Å². The number of hydrogen-bond donors (Lipinski definition) is 1. The third kappa shape index (κ3) is 3.58. The number of anilines is 1. The van der Waals surface area contributed by atoms with Crippen molar-refractivity contribution in [1.29, 1.82) is 0 Å². The lowest BCUT2D eigenvalue weighted by Crippen LogP contribution is -2.37. The first-order valence-electron chi connectivity index (χ1n) is 9.86. The Balaban J connectivity index is 1.61. The Hall–Kier alpha value is -3.22. The summed E-state index contributed by atoms with van der Waals surface area (Å²) in [7, 11) is 1.57. The summed E-state index contributed by atoms with van der Waals surface area (Å²) in [6.07, 6.45) is 2.05. The highest BCUT2D eigenvalue weighted by Gasteiger charge is 2.33. The number of para-hydroxylation sites is 1. The predicted octanol–water partition coefficient (Wildman–Crippen LogP) is 6.34. The van der Waals surface area contributed by atoms with Crippen LogP contribution in [-0.4, -0.2) is 22.6 Å². The quantitative estimate of drug-likeness (QED) is 0.396.